The Hall–Kier alpha value is -4.05. The van der Waals surface area contributed by atoms with E-state index >= 15 is 0 Å². The Morgan fingerprint density at radius 3 is 2.24 bits per heavy atom. The number of sulfonamides is 1. The molecule has 220 valence electrons. The Morgan fingerprint density at radius 1 is 0.951 bits per heavy atom. The molecule has 0 aliphatic rings. The number of carbonyl (C=O) groups is 2. The molecular formula is C31H39N3O6S. The van der Waals surface area contributed by atoms with Gasteiger partial charge in [-0.3, -0.25) is 13.9 Å². The first kappa shape index (κ1) is 31.5. The average Bonchev–Trinajstić information content (AvgIpc) is 2.96. The smallest absolute Gasteiger partial charge is 0.244 e. The van der Waals surface area contributed by atoms with Gasteiger partial charge in [0, 0.05) is 25.6 Å². The third-order valence-corrected chi connectivity index (χ3v) is 7.88. The van der Waals surface area contributed by atoms with Gasteiger partial charge in [-0.1, -0.05) is 61.5 Å². The van der Waals surface area contributed by atoms with Crippen LogP contribution in [0.4, 0.5) is 5.69 Å². The van der Waals surface area contributed by atoms with Gasteiger partial charge in [0.05, 0.1) is 26.2 Å². The number of hydrogen-bond donors (Lipinski definition) is 1. The molecule has 9 nitrogen and oxygen atoms in total. The van der Waals surface area contributed by atoms with Crippen molar-refractivity contribution in [2.45, 2.75) is 39.3 Å². The third-order valence-electron chi connectivity index (χ3n) is 6.76. The number of methoxy groups -OCH3 is 2. The first-order valence-electron chi connectivity index (χ1n) is 13.4. The minimum atomic E-state index is -3.95. The Morgan fingerprint density at radius 2 is 1.63 bits per heavy atom. The van der Waals surface area contributed by atoms with Crippen LogP contribution in [0.15, 0.2) is 72.8 Å². The molecule has 3 aromatic carbocycles. The first-order valence-corrected chi connectivity index (χ1v) is 15.3. The Balaban J connectivity index is 2.10. The van der Waals surface area contributed by atoms with Crippen LogP contribution in [0.1, 0.15) is 30.0 Å². The Kier molecular flexibility index (Phi) is 11.2. The van der Waals surface area contributed by atoms with Crippen molar-refractivity contribution < 1.29 is 27.5 Å². The molecule has 0 saturated carbocycles. The molecule has 1 N–H and O–H groups in total. The molecule has 0 fully saturated rings. The number of rotatable bonds is 14. The molecule has 0 aliphatic carbocycles. The molecule has 3 aromatic rings. The van der Waals surface area contributed by atoms with E-state index in [1.807, 2.05) is 68.4 Å². The van der Waals surface area contributed by atoms with Crippen LogP contribution in [0.3, 0.4) is 0 Å². The lowest BCUT2D eigenvalue weighted by Gasteiger charge is -2.34. The van der Waals surface area contributed by atoms with E-state index in [4.69, 9.17) is 9.47 Å². The van der Waals surface area contributed by atoms with E-state index < -0.39 is 28.5 Å². The van der Waals surface area contributed by atoms with E-state index in [1.165, 1.54) is 25.2 Å². The molecule has 1 atom stereocenters. The number of nitrogens with zero attached hydrogens (tertiary/aromatic N) is 2. The van der Waals surface area contributed by atoms with E-state index in [-0.39, 0.29) is 30.3 Å². The van der Waals surface area contributed by atoms with Gasteiger partial charge < -0.3 is 19.7 Å². The fourth-order valence-electron chi connectivity index (χ4n) is 4.48. The summed E-state index contributed by atoms with van der Waals surface area (Å²) in [6.45, 7) is 3.92. The molecule has 41 heavy (non-hydrogen) atoms. The SMILES string of the molecule is CCCNC(=O)[C@@H](Cc1ccccc1)N(Cc1ccccc1C)C(=O)CN(c1cc(OC)ccc1OC)S(C)(=O)=O. The summed E-state index contributed by atoms with van der Waals surface area (Å²) in [7, 11) is -1.06. The highest BCUT2D eigenvalue weighted by atomic mass is 32.2. The van der Waals surface area contributed by atoms with Crippen LogP contribution in [-0.2, 0) is 32.6 Å². The summed E-state index contributed by atoms with van der Waals surface area (Å²) < 4.78 is 37.9. The Bertz CT molecular complexity index is 1430. The van der Waals surface area contributed by atoms with Crippen molar-refractivity contribution in [3.63, 3.8) is 0 Å². The third kappa shape index (κ3) is 8.47. The zero-order valence-electron chi connectivity index (χ0n) is 24.3. The maximum absolute atomic E-state index is 14.2. The second-order valence-electron chi connectivity index (χ2n) is 9.75. The standard InChI is InChI=1S/C31H39N3O6S/c1-6-18-32-31(36)28(19-24-13-8-7-9-14-24)33(21-25-15-11-10-12-23(25)2)30(35)22-34(41(5,37)38)27-20-26(39-3)16-17-29(27)40-4/h7-17,20,28H,6,18-19,21-22H2,1-5H3,(H,32,36)/t28-/m1/s1. The van der Waals surface area contributed by atoms with Crippen molar-refractivity contribution in [2.24, 2.45) is 0 Å². The van der Waals surface area contributed by atoms with Gasteiger partial charge in [-0.05, 0) is 42.2 Å². The summed E-state index contributed by atoms with van der Waals surface area (Å²) in [4.78, 5) is 29.3. The molecule has 3 rings (SSSR count). The molecule has 0 saturated heterocycles. The maximum atomic E-state index is 14.2. The number of hydrogen-bond acceptors (Lipinski definition) is 6. The predicted octanol–water partition coefficient (Wildman–Crippen LogP) is 3.94. The summed E-state index contributed by atoms with van der Waals surface area (Å²) in [5.74, 6) is -0.172. The highest BCUT2D eigenvalue weighted by Gasteiger charge is 2.34. The minimum Gasteiger partial charge on any atom is -0.497 e. The van der Waals surface area contributed by atoms with E-state index in [0.717, 1.165) is 33.7 Å². The predicted molar refractivity (Wildman–Crippen MR) is 161 cm³/mol. The van der Waals surface area contributed by atoms with E-state index in [2.05, 4.69) is 5.32 Å². The first-order chi connectivity index (χ1) is 19.6. The lowest BCUT2D eigenvalue weighted by atomic mass is 10.0. The van der Waals surface area contributed by atoms with Crippen LogP contribution < -0.4 is 19.1 Å². The number of anilines is 1. The van der Waals surface area contributed by atoms with Gasteiger partial charge in [0.15, 0.2) is 0 Å². The molecule has 0 unspecified atom stereocenters. The summed E-state index contributed by atoms with van der Waals surface area (Å²) >= 11 is 0. The quantitative estimate of drug-likeness (QED) is 0.309. The summed E-state index contributed by atoms with van der Waals surface area (Å²) in [6, 6.07) is 20.9. The average molecular weight is 582 g/mol. The van der Waals surface area contributed by atoms with Crippen molar-refractivity contribution in [2.75, 3.05) is 37.9 Å². The van der Waals surface area contributed by atoms with Gasteiger partial charge in [0.25, 0.3) is 0 Å². The maximum Gasteiger partial charge on any atom is 0.244 e. The molecule has 0 bridgehead atoms. The van der Waals surface area contributed by atoms with Gasteiger partial charge in [0.2, 0.25) is 21.8 Å². The van der Waals surface area contributed by atoms with Crippen LogP contribution in [0.2, 0.25) is 0 Å². The summed E-state index contributed by atoms with van der Waals surface area (Å²) in [6.07, 6.45) is 2.02. The van der Waals surface area contributed by atoms with Crippen LogP contribution in [0.5, 0.6) is 11.5 Å². The minimum absolute atomic E-state index is 0.120. The summed E-state index contributed by atoms with van der Waals surface area (Å²) in [5, 5.41) is 2.94. The lowest BCUT2D eigenvalue weighted by Crippen LogP contribution is -2.53. The highest BCUT2D eigenvalue weighted by Crippen LogP contribution is 2.34. The van der Waals surface area contributed by atoms with E-state index in [1.54, 1.807) is 12.1 Å². The van der Waals surface area contributed by atoms with E-state index in [0.29, 0.717) is 12.3 Å². The van der Waals surface area contributed by atoms with Crippen LogP contribution >= 0.6 is 0 Å². The molecule has 0 radical (unpaired) electrons. The summed E-state index contributed by atoms with van der Waals surface area (Å²) in [5.41, 5.74) is 2.84. The van der Waals surface area contributed by atoms with Crippen LogP contribution in [0, 0.1) is 6.92 Å². The van der Waals surface area contributed by atoms with Crippen molar-refractivity contribution in [1.29, 1.82) is 0 Å². The number of ether oxygens (including phenoxy) is 2. The number of carbonyl (C=O) groups excluding carboxylic acids is 2. The zero-order valence-corrected chi connectivity index (χ0v) is 25.1. The number of aryl methyl sites for hydroxylation is 1. The van der Waals surface area contributed by atoms with Crippen molar-refractivity contribution in [3.05, 3.63) is 89.5 Å². The van der Waals surface area contributed by atoms with Gasteiger partial charge in [0.1, 0.15) is 24.1 Å². The lowest BCUT2D eigenvalue weighted by molar-refractivity contribution is -0.140. The van der Waals surface area contributed by atoms with Gasteiger partial charge >= 0.3 is 0 Å². The normalized spacial score (nSPS) is 11.8. The molecule has 2 amide bonds. The van der Waals surface area contributed by atoms with Gasteiger partial charge in [-0.15, -0.1) is 0 Å². The van der Waals surface area contributed by atoms with E-state index in [9.17, 15) is 18.0 Å². The zero-order chi connectivity index (χ0) is 30.0. The van der Waals surface area contributed by atoms with Crippen molar-refractivity contribution >= 4 is 27.5 Å². The van der Waals surface area contributed by atoms with Crippen LogP contribution in [0.25, 0.3) is 0 Å². The second kappa shape index (κ2) is 14.5. The Labute approximate surface area is 243 Å². The number of amides is 2. The monoisotopic (exact) mass is 581 g/mol. The molecule has 0 aromatic heterocycles. The molecule has 10 heteroatoms. The van der Waals surface area contributed by atoms with Crippen molar-refractivity contribution in [1.82, 2.24) is 10.2 Å². The largest absolute Gasteiger partial charge is 0.497 e. The molecular weight excluding hydrogens is 542 g/mol. The van der Waals surface area contributed by atoms with Crippen molar-refractivity contribution in [3.8, 4) is 11.5 Å². The number of nitrogens with one attached hydrogen (secondary N) is 1. The fourth-order valence-corrected chi connectivity index (χ4v) is 5.32. The topological polar surface area (TPSA) is 105 Å². The molecule has 0 spiro atoms. The molecule has 0 aliphatic heterocycles. The number of benzene rings is 3. The molecule has 0 heterocycles. The fraction of sp³-hybridized carbons (Fsp3) is 0.355. The van der Waals surface area contributed by atoms with Gasteiger partial charge in [-0.25, -0.2) is 8.42 Å². The van der Waals surface area contributed by atoms with Crippen LogP contribution in [-0.4, -0.2) is 64.7 Å². The van der Waals surface area contributed by atoms with Gasteiger partial charge in [-0.2, -0.15) is 0 Å². The second-order valence-corrected chi connectivity index (χ2v) is 11.7. The highest BCUT2D eigenvalue weighted by molar-refractivity contribution is 7.92.